The normalized spacial score (nSPS) is 19.8. The minimum Gasteiger partial charge on any atom is -0.396 e. The zero-order chi connectivity index (χ0) is 13.8. The first-order valence-corrected chi connectivity index (χ1v) is 6.51. The van der Waals surface area contributed by atoms with Gasteiger partial charge in [0, 0.05) is 30.8 Å². The number of primary amides is 1. The van der Waals surface area contributed by atoms with Crippen LogP contribution in [0, 0.1) is 11.7 Å². The highest BCUT2D eigenvalue weighted by atomic mass is 19.1. The van der Waals surface area contributed by atoms with Crippen molar-refractivity contribution in [3.05, 3.63) is 35.1 Å². The molecule has 19 heavy (non-hydrogen) atoms. The van der Waals surface area contributed by atoms with Crippen molar-refractivity contribution < 1.29 is 14.3 Å². The van der Waals surface area contributed by atoms with Crippen molar-refractivity contribution in [1.29, 1.82) is 0 Å². The molecule has 1 unspecified atom stereocenters. The summed E-state index contributed by atoms with van der Waals surface area (Å²) in [5.41, 5.74) is 6.04. The highest BCUT2D eigenvalue weighted by Gasteiger charge is 2.22. The molecule has 1 saturated heterocycles. The van der Waals surface area contributed by atoms with Gasteiger partial charge in [-0.15, -0.1) is 0 Å². The second-order valence-electron chi connectivity index (χ2n) is 5.07. The van der Waals surface area contributed by atoms with E-state index in [1.165, 1.54) is 18.2 Å². The van der Waals surface area contributed by atoms with Crippen LogP contribution in [-0.2, 0) is 6.54 Å². The predicted octanol–water partition coefficient (Wildman–Crippen LogP) is 1.13. The maximum Gasteiger partial charge on any atom is 0.248 e. The van der Waals surface area contributed by atoms with E-state index in [1.807, 2.05) is 0 Å². The molecule has 3 N–H and O–H groups in total. The van der Waals surface area contributed by atoms with Gasteiger partial charge in [0.1, 0.15) is 5.82 Å². The Morgan fingerprint density at radius 3 is 3.00 bits per heavy atom. The summed E-state index contributed by atoms with van der Waals surface area (Å²) in [6, 6.07) is 4.22. The summed E-state index contributed by atoms with van der Waals surface area (Å²) in [6.07, 6.45) is 1.82. The molecule has 0 saturated carbocycles. The van der Waals surface area contributed by atoms with E-state index in [9.17, 15) is 9.18 Å². The molecular formula is C14H19FN2O2. The van der Waals surface area contributed by atoms with Crippen LogP contribution in [0.25, 0.3) is 0 Å². The number of aliphatic hydroxyl groups excluding tert-OH is 1. The van der Waals surface area contributed by atoms with Crippen molar-refractivity contribution in [2.24, 2.45) is 11.7 Å². The Labute approximate surface area is 112 Å². The fourth-order valence-electron chi connectivity index (χ4n) is 2.56. The van der Waals surface area contributed by atoms with Gasteiger partial charge in [-0.05, 0) is 43.5 Å². The van der Waals surface area contributed by atoms with E-state index in [4.69, 9.17) is 10.8 Å². The number of hydrogen-bond acceptors (Lipinski definition) is 3. The lowest BCUT2D eigenvalue weighted by Gasteiger charge is -2.16. The number of nitrogens with zero attached hydrogens (tertiary/aromatic N) is 1. The van der Waals surface area contributed by atoms with Crippen LogP contribution >= 0.6 is 0 Å². The van der Waals surface area contributed by atoms with Crippen LogP contribution in [0.4, 0.5) is 4.39 Å². The molecular weight excluding hydrogens is 247 g/mol. The zero-order valence-electron chi connectivity index (χ0n) is 10.8. The van der Waals surface area contributed by atoms with Crippen LogP contribution in [-0.4, -0.2) is 35.6 Å². The molecule has 1 aliphatic heterocycles. The lowest BCUT2D eigenvalue weighted by atomic mass is 10.1. The van der Waals surface area contributed by atoms with Gasteiger partial charge < -0.3 is 10.8 Å². The predicted molar refractivity (Wildman–Crippen MR) is 70.0 cm³/mol. The largest absolute Gasteiger partial charge is 0.396 e. The summed E-state index contributed by atoms with van der Waals surface area (Å²) in [6.45, 7) is 2.44. The SMILES string of the molecule is NC(=O)c1ccc(F)c(CN2CCC(CCO)C2)c1. The minimum atomic E-state index is -0.541. The molecule has 1 amide bonds. The smallest absolute Gasteiger partial charge is 0.248 e. The Balaban J connectivity index is 2.03. The lowest BCUT2D eigenvalue weighted by Crippen LogP contribution is -2.21. The van der Waals surface area contributed by atoms with Gasteiger partial charge in [0.05, 0.1) is 0 Å². The molecule has 0 aromatic heterocycles. The van der Waals surface area contributed by atoms with Crippen molar-refractivity contribution in [1.82, 2.24) is 4.90 Å². The van der Waals surface area contributed by atoms with Gasteiger partial charge in [-0.2, -0.15) is 0 Å². The second-order valence-corrected chi connectivity index (χ2v) is 5.07. The van der Waals surface area contributed by atoms with E-state index < -0.39 is 5.91 Å². The Bertz CT molecular complexity index is 465. The van der Waals surface area contributed by atoms with Crippen LogP contribution in [0.2, 0.25) is 0 Å². The number of amides is 1. The van der Waals surface area contributed by atoms with Gasteiger partial charge in [-0.3, -0.25) is 9.69 Å². The Kier molecular flexibility index (Phi) is 4.50. The van der Waals surface area contributed by atoms with Gasteiger partial charge in [0.25, 0.3) is 0 Å². The summed E-state index contributed by atoms with van der Waals surface area (Å²) in [7, 11) is 0. The third-order valence-corrected chi connectivity index (χ3v) is 3.63. The summed E-state index contributed by atoms with van der Waals surface area (Å²) < 4.78 is 13.7. The average molecular weight is 266 g/mol. The highest BCUT2D eigenvalue weighted by Crippen LogP contribution is 2.22. The molecule has 1 aromatic rings. The molecule has 0 radical (unpaired) electrons. The van der Waals surface area contributed by atoms with E-state index >= 15 is 0 Å². The number of likely N-dealkylation sites (tertiary alicyclic amines) is 1. The summed E-state index contributed by atoms with van der Waals surface area (Å²) in [4.78, 5) is 13.2. The molecule has 0 aliphatic carbocycles. The third-order valence-electron chi connectivity index (χ3n) is 3.63. The Morgan fingerprint density at radius 1 is 1.53 bits per heavy atom. The van der Waals surface area contributed by atoms with E-state index in [1.54, 1.807) is 0 Å². The molecule has 1 aliphatic rings. The molecule has 1 heterocycles. The van der Waals surface area contributed by atoms with Gasteiger partial charge in [0.15, 0.2) is 0 Å². The van der Waals surface area contributed by atoms with Gasteiger partial charge in [-0.1, -0.05) is 0 Å². The first-order valence-electron chi connectivity index (χ1n) is 6.51. The third kappa shape index (κ3) is 3.52. The van der Waals surface area contributed by atoms with Crippen molar-refractivity contribution in [2.75, 3.05) is 19.7 Å². The van der Waals surface area contributed by atoms with Crippen LogP contribution in [0.15, 0.2) is 18.2 Å². The Hall–Kier alpha value is -1.46. The first-order chi connectivity index (χ1) is 9.10. The highest BCUT2D eigenvalue weighted by molar-refractivity contribution is 5.92. The molecule has 1 atom stereocenters. The number of hydrogen-bond donors (Lipinski definition) is 2. The Morgan fingerprint density at radius 2 is 2.32 bits per heavy atom. The molecule has 5 heteroatoms. The molecule has 0 bridgehead atoms. The maximum atomic E-state index is 13.7. The van der Waals surface area contributed by atoms with Crippen LogP contribution in [0.1, 0.15) is 28.8 Å². The van der Waals surface area contributed by atoms with E-state index in [2.05, 4.69) is 4.90 Å². The van der Waals surface area contributed by atoms with Gasteiger partial charge in [0.2, 0.25) is 5.91 Å². The monoisotopic (exact) mass is 266 g/mol. The number of carbonyl (C=O) groups excluding carboxylic acids is 1. The first kappa shape index (κ1) is 14.0. The van der Waals surface area contributed by atoms with Crippen molar-refractivity contribution in [3.8, 4) is 0 Å². The van der Waals surface area contributed by atoms with Crippen LogP contribution in [0.5, 0.6) is 0 Å². The van der Waals surface area contributed by atoms with E-state index in [-0.39, 0.29) is 12.4 Å². The van der Waals surface area contributed by atoms with Crippen molar-refractivity contribution >= 4 is 5.91 Å². The molecule has 0 spiro atoms. The fraction of sp³-hybridized carbons (Fsp3) is 0.500. The number of halogens is 1. The topological polar surface area (TPSA) is 66.6 Å². The molecule has 1 fully saturated rings. The van der Waals surface area contributed by atoms with Crippen LogP contribution in [0.3, 0.4) is 0 Å². The quantitative estimate of drug-likeness (QED) is 0.839. The standard InChI is InChI=1S/C14H19FN2O2/c15-13-2-1-11(14(16)19)7-12(13)9-17-5-3-10(8-17)4-6-18/h1-2,7,10,18H,3-6,8-9H2,(H2,16,19). The number of carbonyl (C=O) groups is 1. The summed E-state index contributed by atoms with van der Waals surface area (Å²) in [5, 5.41) is 8.91. The minimum absolute atomic E-state index is 0.198. The molecule has 2 rings (SSSR count). The number of nitrogens with two attached hydrogens (primary N) is 1. The van der Waals surface area contributed by atoms with Gasteiger partial charge >= 0.3 is 0 Å². The van der Waals surface area contributed by atoms with E-state index in [0.717, 1.165) is 25.9 Å². The molecule has 4 nitrogen and oxygen atoms in total. The zero-order valence-corrected chi connectivity index (χ0v) is 10.8. The maximum absolute atomic E-state index is 13.7. The molecule has 1 aromatic carbocycles. The van der Waals surface area contributed by atoms with Crippen molar-refractivity contribution in [2.45, 2.75) is 19.4 Å². The van der Waals surface area contributed by atoms with Crippen LogP contribution < -0.4 is 5.73 Å². The van der Waals surface area contributed by atoms with Crippen molar-refractivity contribution in [3.63, 3.8) is 0 Å². The van der Waals surface area contributed by atoms with Gasteiger partial charge in [-0.25, -0.2) is 4.39 Å². The fourth-order valence-corrected chi connectivity index (χ4v) is 2.56. The summed E-state index contributed by atoms with van der Waals surface area (Å²) >= 11 is 0. The average Bonchev–Trinajstić information content (AvgIpc) is 2.80. The summed E-state index contributed by atoms with van der Waals surface area (Å²) in [5.74, 6) is -0.371. The number of benzene rings is 1. The number of aliphatic hydroxyl groups is 1. The second kappa shape index (κ2) is 6.12. The number of rotatable bonds is 5. The molecule has 104 valence electrons. The lowest BCUT2D eigenvalue weighted by molar-refractivity contribution is 0.1000. The van der Waals surface area contributed by atoms with E-state index in [0.29, 0.717) is 23.6 Å².